The van der Waals surface area contributed by atoms with Crippen LogP contribution in [0.5, 0.6) is 5.75 Å². The van der Waals surface area contributed by atoms with Gasteiger partial charge in [-0.3, -0.25) is 0 Å². The van der Waals surface area contributed by atoms with E-state index in [9.17, 15) is 0 Å². The van der Waals surface area contributed by atoms with E-state index in [0.29, 0.717) is 12.1 Å². The molecule has 2 aliphatic rings. The van der Waals surface area contributed by atoms with Gasteiger partial charge in [-0.05, 0) is 36.6 Å². The van der Waals surface area contributed by atoms with Crippen LogP contribution < -0.4 is 10.1 Å². The van der Waals surface area contributed by atoms with E-state index < -0.39 is 0 Å². The predicted molar refractivity (Wildman–Crippen MR) is 82.1 cm³/mol. The van der Waals surface area contributed by atoms with Crippen LogP contribution in [-0.2, 0) is 6.42 Å². The summed E-state index contributed by atoms with van der Waals surface area (Å²) >= 11 is 2.12. The molecule has 1 N–H and O–H groups in total. The van der Waals surface area contributed by atoms with Crippen LogP contribution in [-0.4, -0.2) is 29.7 Å². The minimum absolute atomic E-state index is 0.329. The lowest BCUT2D eigenvalue weighted by Gasteiger charge is -2.16. The molecular weight excluding hydrogens is 254 g/mol. The van der Waals surface area contributed by atoms with Crippen LogP contribution in [0.2, 0.25) is 0 Å². The number of ether oxygens (including phenoxy) is 1. The molecule has 3 heteroatoms. The molecule has 0 amide bonds. The highest BCUT2D eigenvalue weighted by molar-refractivity contribution is 7.99. The molecule has 0 aromatic heterocycles. The van der Waals surface area contributed by atoms with E-state index in [0.717, 1.165) is 24.0 Å². The average Bonchev–Trinajstić information content (AvgIpc) is 3.02. The molecule has 1 heterocycles. The highest BCUT2D eigenvalue weighted by atomic mass is 32.2. The lowest BCUT2D eigenvalue weighted by atomic mass is 10.1. The Balaban J connectivity index is 1.43. The van der Waals surface area contributed by atoms with Crippen molar-refractivity contribution in [3.8, 4) is 5.75 Å². The number of rotatable bonds is 5. The van der Waals surface area contributed by atoms with Gasteiger partial charge in [0.25, 0.3) is 0 Å². The number of hydrogen-bond donors (Lipinski definition) is 1. The zero-order valence-electron chi connectivity index (χ0n) is 11.6. The van der Waals surface area contributed by atoms with Crippen LogP contribution >= 0.6 is 11.8 Å². The van der Waals surface area contributed by atoms with Crippen molar-refractivity contribution >= 4 is 11.8 Å². The number of hydrogen-bond acceptors (Lipinski definition) is 3. The summed E-state index contributed by atoms with van der Waals surface area (Å²) in [4.78, 5) is 0. The SMILES string of the molecule is CCSC1CCC(NCC2Cc3ccccc3O2)C1. The third-order valence-electron chi connectivity index (χ3n) is 4.13. The van der Waals surface area contributed by atoms with E-state index >= 15 is 0 Å². The maximum atomic E-state index is 5.97. The van der Waals surface area contributed by atoms with Gasteiger partial charge in [-0.15, -0.1) is 0 Å². The fraction of sp³-hybridized carbons (Fsp3) is 0.625. The van der Waals surface area contributed by atoms with E-state index in [4.69, 9.17) is 4.74 Å². The molecule has 1 aromatic carbocycles. The molecule has 1 aliphatic heterocycles. The van der Waals surface area contributed by atoms with E-state index in [1.165, 1.54) is 30.6 Å². The van der Waals surface area contributed by atoms with Crippen LogP contribution in [0.15, 0.2) is 24.3 Å². The first-order valence-electron chi connectivity index (χ1n) is 7.44. The Bertz CT molecular complexity index is 398. The summed E-state index contributed by atoms with van der Waals surface area (Å²) in [6, 6.07) is 9.12. The lowest BCUT2D eigenvalue weighted by Crippen LogP contribution is -2.36. The largest absolute Gasteiger partial charge is 0.488 e. The van der Waals surface area contributed by atoms with Gasteiger partial charge in [0.1, 0.15) is 11.9 Å². The molecule has 19 heavy (non-hydrogen) atoms. The van der Waals surface area contributed by atoms with Crippen LogP contribution in [0, 0.1) is 0 Å². The van der Waals surface area contributed by atoms with Gasteiger partial charge in [0.15, 0.2) is 0 Å². The van der Waals surface area contributed by atoms with Crippen molar-refractivity contribution in [3.05, 3.63) is 29.8 Å². The molecule has 0 saturated heterocycles. The molecule has 0 spiro atoms. The van der Waals surface area contributed by atoms with Crippen LogP contribution in [0.4, 0.5) is 0 Å². The summed E-state index contributed by atoms with van der Waals surface area (Å²) in [6.45, 7) is 3.25. The van der Waals surface area contributed by atoms with Crippen molar-refractivity contribution in [2.75, 3.05) is 12.3 Å². The van der Waals surface area contributed by atoms with Crippen molar-refractivity contribution in [3.63, 3.8) is 0 Å². The molecule has 0 radical (unpaired) electrons. The molecule has 1 aliphatic carbocycles. The summed E-state index contributed by atoms with van der Waals surface area (Å²) < 4.78 is 5.97. The first-order valence-corrected chi connectivity index (χ1v) is 8.49. The Morgan fingerprint density at radius 2 is 2.21 bits per heavy atom. The van der Waals surface area contributed by atoms with E-state index in [-0.39, 0.29) is 0 Å². The Hall–Kier alpha value is -0.670. The molecule has 104 valence electrons. The van der Waals surface area contributed by atoms with Crippen molar-refractivity contribution in [1.82, 2.24) is 5.32 Å². The van der Waals surface area contributed by atoms with Crippen molar-refractivity contribution in [2.24, 2.45) is 0 Å². The maximum Gasteiger partial charge on any atom is 0.123 e. The average molecular weight is 277 g/mol. The minimum atomic E-state index is 0.329. The number of fused-ring (bicyclic) bond motifs is 1. The molecule has 3 atom stereocenters. The molecule has 2 nitrogen and oxygen atoms in total. The highest BCUT2D eigenvalue weighted by Crippen LogP contribution is 2.31. The summed E-state index contributed by atoms with van der Waals surface area (Å²) in [7, 11) is 0. The van der Waals surface area contributed by atoms with Crippen molar-refractivity contribution in [1.29, 1.82) is 0 Å². The van der Waals surface area contributed by atoms with E-state index in [2.05, 4.69) is 48.3 Å². The molecule has 1 fully saturated rings. The molecular formula is C16H23NOS. The second-order valence-corrected chi connectivity index (χ2v) is 7.12. The third-order valence-corrected chi connectivity index (χ3v) is 5.37. The van der Waals surface area contributed by atoms with Gasteiger partial charge in [-0.2, -0.15) is 11.8 Å². The van der Waals surface area contributed by atoms with Crippen molar-refractivity contribution < 1.29 is 4.74 Å². The topological polar surface area (TPSA) is 21.3 Å². The Morgan fingerprint density at radius 3 is 3.05 bits per heavy atom. The Morgan fingerprint density at radius 1 is 1.32 bits per heavy atom. The maximum absolute atomic E-state index is 5.97. The second-order valence-electron chi connectivity index (χ2n) is 5.55. The van der Waals surface area contributed by atoms with Gasteiger partial charge in [-0.1, -0.05) is 25.1 Å². The van der Waals surface area contributed by atoms with E-state index in [1.807, 2.05) is 0 Å². The van der Waals surface area contributed by atoms with Gasteiger partial charge in [0.05, 0.1) is 0 Å². The van der Waals surface area contributed by atoms with Crippen molar-refractivity contribution in [2.45, 2.75) is 50.0 Å². The minimum Gasteiger partial charge on any atom is -0.488 e. The summed E-state index contributed by atoms with van der Waals surface area (Å²) in [6.07, 6.45) is 5.43. The van der Waals surface area contributed by atoms with Crippen LogP contribution in [0.25, 0.3) is 0 Å². The summed E-state index contributed by atoms with van der Waals surface area (Å²) in [5.41, 5.74) is 1.36. The van der Waals surface area contributed by atoms with Crippen LogP contribution in [0.3, 0.4) is 0 Å². The van der Waals surface area contributed by atoms with Gasteiger partial charge < -0.3 is 10.1 Å². The monoisotopic (exact) mass is 277 g/mol. The first-order chi connectivity index (χ1) is 9.35. The zero-order valence-corrected chi connectivity index (χ0v) is 12.4. The van der Waals surface area contributed by atoms with E-state index in [1.54, 1.807) is 0 Å². The predicted octanol–water partition coefficient (Wildman–Crippen LogP) is 3.25. The summed E-state index contributed by atoms with van der Waals surface area (Å²) in [5, 5.41) is 4.59. The second kappa shape index (κ2) is 6.19. The van der Waals surface area contributed by atoms with Gasteiger partial charge in [-0.25, -0.2) is 0 Å². The molecule has 1 saturated carbocycles. The van der Waals surface area contributed by atoms with Gasteiger partial charge >= 0.3 is 0 Å². The Labute approximate surface area is 120 Å². The number of nitrogens with one attached hydrogen (secondary N) is 1. The molecule has 3 rings (SSSR count). The third kappa shape index (κ3) is 3.26. The number of para-hydroxylation sites is 1. The Kier molecular flexibility index (Phi) is 4.34. The van der Waals surface area contributed by atoms with Gasteiger partial charge in [0.2, 0.25) is 0 Å². The van der Waals surface area contributed by atoms with Crippen LogP contribution in [0.1, 0.15) is 31.7 Å². The molecule has 0 bridgehead atoms. The fourth-order valence-electron chi connectivity index (χ4n) is 3.18. The standard InChI is InChI=1S/C16H23NOS/c1-2-19-15-8-7-13(10-15)17-11-14-9-12-5-3-4-6-16(12)18-14/h3-6,13-15,17H,2,7-11H2,1H3. The molecule has 3 unspecified atom stereocenters. The number of benzene rings is 1. The normalized spacial score (nSPS) is 29.2. The smallest absolute Gasteiger partial charge is 0.123 e. The quantitative estimate of drug-likeness (QED) is 0.892. The van der Waals surface area contributed by atoms with Gasteiger partial charge in [0, 0.05) is 24.3 Å². The first kappa shape index (κ1) is 13.3. The number of thioether (sulfide) groups is 1. The fourth-order valence-corrected chi connectivity index (χ4v) is 4.32. The highest BCUT2D eigenvalue weighted by Gasteiger charge is 2.27. The summed E-state index contributed by atoms with van der Waals surface area (Å²) in [5.74, 6) is 2.33. The zero-order chi connectivity index (χ0) is 13.1. The molecule has 1 aromatic rings. The lowest BCUT2D eigenvalue weighted by molar-refractivity contribution is 0.221.